The van der Waals surface area contributed by atoms with Crippen LogP contribution in [0.4, 0.5) is 4.39 Å². The van der Waals surface area contributed by atoms with Gasteiger partial charge in [0.2, 0.25) is 0 Å². The average molecular weight is 306 g/mol. The summed E-state index contributed by atoms with van der Waals surface area (Å²) >= 11 is 1.57. The number of rotatable bonds is 7. The Labute approximate surface area is 130 Å². The van der Waals surface area contributed by atoms with E-state index in [1.54, 1.807) is 17.4 Å². The number of nitrogens with zero attached hydrogens (tertiary/aromatic N) is 1. The predicted octanol–water partition coefficient (Wildman–Crippen LogP) is 3.98. The molecule has 114 valence electrons. The van der Waals surface area contributed by atoms with Crippen molar-refractivity contribution < 1.29 is 4.39 Å². The van der Waals surface area contributed by atoms with Gasteiger partial charge in [0.25, 0.3) is 0 Å². The van der Waals surface area contributed by atoms with E-state index in [1.807, 2.05) is 29.6 Å². The van der Waals surface area contributed by atoms with Gasteiger partial charge in [-0.1, -0.05) is 12.1 Å². The van der Waals surface area contributed by atoms with Gasteiger partial charge in [-0.25, -0.2) is 4.39 Å². The van der Waals surface area contributed by atoms with Crippen LogP contribution >= 0.6 is 11.3 Å². The van der Waals surface area contributed by atoms with Crippen LogP contribution < -0.4 is 5.32 Å². The molecule has 1 N–H and O–H groups in total. The summed E-state index contributed by atoms with van der Waals surface area (Å²) in [5, 5.41) is 5.39. The monoisotopic (exact) mass is 306 g/mol. The number of nitrogens with one attached hydrogen (secondary N) is 1. The molecule has 0 aliphatic heterocycles. The third-order valence-electron chi connectivity index (χ3n) is 3.67. The number of hydrogen-bond donors (Lipinski definition) is 1. The van der Waals surface area contributed by atoms with Crippen LogP contribution in [0.3, 0.4) is 0 Å². The molecule has 2 nitrogen and oxygen atoms in total. The van der Waals surface area contributed by atoms with Gasteiger partial charge in [0.05, 0.1) is 0 Å². The van der Waals surface area contributed by atoms with Crippen LogP contribution in [0.2, 0.25) is 0 Å². The van der Waals surface area contributed by atoms with Gasteiger partial charge < -0.3 is 10.2 Å². The zero-order valence-electron chi connectivity index (χ0n) is 12.9. The topological polar surface area (TPSA) is 15.3 Å². The van der Waals surface area contributed by atoms with Crippen LogP contribution in [-0.2, 0) is 6.54 Å². The second-order valence-corrected chi connectivity index (χ2v) is 6.49. The highest BCUT2D eigenvalue weighted by Gasteiger charge is 2.07. The molecule has 0 radical (unpaired) electrons. The van der Waals surface area contributed by atoms with E-state index in [0.717, 1.165) is 30.1 Å². The van der Waals surface area contributed by atoms with E-state index in [4.69, 9.17) is 0 Å². The van der Waals surface area contributed by atoms with Gasteiger partial charge in [0, 0.05) is 36.1 Å². The largest absolute Gasteiger partial charge is 0.311 e. The molecule has 0 aliphatic carbocycles. The Balaban J connectivity index is 1.91. The van der Waals surface area contributed by atoms with E-state index in [0.29, 0.717) is 11.6 Å². The number of hydrogen-bond acceptors (Lipinski definition) is 3. The summed E-state index contributed by atoms with van der Waals surface area (Å²) in [6.07, 6.45) is 0. The molecule has 1 heterocycles. The maximum absolute atomic E-state index is 13.9. The molecule has 0 saturated heterocycles. The van der Waals surface area contributed by atoms with Crippen molar-refractivity contribution in [2.75, 3.05) is 20.1 Å². The minimum absolute atomic E-state index is 0.152. The second-order valence-electron chi connectivity index (χ2n) is 5.54. The first-order chi connectivity index (χ1) is 10.1. The predicted molar refractivity (Wildman–Crippen MR) is 89.2 cm³/mol. The molecule has 0 amide bonds. The molecule has 4 heteroatoms. The minimum Gasteiger partial charge on any atom is -0.311 e. The third-order valence-corrected chi connectivity index (χ3v) is 4.57. The summed E-state index contributed by atoms with van der Waals surface area (Å²) in [5.41, 5.74) is 1.82. The molecule has 0 bridgehead atoms. The highest BCUT2D eigenvalue weighted by atomic mass is 32.1. The molecule has 21 heavy (non-hydrogen) atoms. The van der Waals surface area contributed by atoms with Gasteiger partial charge in [-0.15, -0.1) is 11.3 Å². The Kier molecular flexibility index (Phi) is 5.91. The SMILES string of the molecule is CC(C)N(C)CCNCc1ccc(F)c(-c2cccs2)c1. The molecule has 0 unspecified atom stereocenters. The molecule has 0 saturated carbocycles. The highest BCUT2D eigenvalue weighted by Crippen LogP contribution is 2.28. The zero-order valence-corrected chi connectivity index (χ0v) is 13.7. The molecular weight excluding hydrogens is 283 g/mol. The first-order valence-electron chi connectivity index (χ1n) is 7.31. The lowest BCUT2D eigenvalue weighted by Gasteiger charge is -2.21. The summed E-state index contributed by atoms with van der Waals surface area (Å²) in [4.78, 5) is 3.28. The van der Waals surface area contributed by atoms with Gasteiger partial charge in [-0.3, -0.25) is 0 Å². The molecule has 0 fully saturated rings. The van der Waals surface area contributed by atoms with Gasteiger partial charge in [-0.05, 0) is 50.0 Å². The van der Waals surface area contributed by atoms with Crippen molar-refractivity contribution in [2.24, 2.45) is 0 Å². The molecule has 2 rings (SSSR count). The number of thiophene rings is 1. The minimum atomic E-state index is -0.152. The quantitative estimate of drug-likeness (QED) is 0.778. The summed E-state index contributed by atoms with van der Waals surface area (Å²) < 4.78 is 13.9. The number of benzene rings is 1. The van der Waals surface area contributed by atoms with Gasteiger partial charge in [-0.2, -0.15) is 0 Å². The van der Waals surface area contributed by atoms with Crippen molar-refractivity contribution in [2.45, 2.75) is 26.4 Å². The summed E-state index contributed by atoms with van der Waals surface area (Å²) in [6, 6.07) is 9.82. The van der Waals surface area contributed by atoms with E-state index in [1.165, 1.54) is 0 Å². The van der Waals surface area contributed by atoms with E-state index in [-0.39, 0.29) is 5.82 Å². The molecule has 2 aromatic rings. The Bertz CT molecular complexity index is 552. The van der Waals surface area contributed by atoms with Gasteiger partial charge >= 0.3 is 0 Å². The fourth-order valence-corrected chi connectivity index (χ4v) is 2.79. The second kappa shape index (κ2) is 7.69. The van der Waals surface area contributed by atoms with Gasteiger partial charge in [0.1, 0.15) is 5.82 Å². The normalized spacial score (nSPS) is 11.5. The van der Waals surface area contributed by atoms with Crippen LogP contribution in [-0.4, -0.2) is 31.1 Å². The van der Waals surface area contributed by atoms with Crippen molar-refractivity contribution in [1.82, 2.24) is 10.2 Å². The van der Waals surface area contributed by atoms with Crippen LogP contribution in [0.5, 0.6) is 0 Å². The fraction of sp³-hybridized carbons (Fsp3) is 0.412. The molecule has 0 aliphatic rings. The van der Waals surface area contributed by atoms with E-state index >= 15 is 0 Å². The van der Waals surface area contributed by atoms with E-state index in [9.17, 15) is 4.39 Å². The number of likely N-dealkylation sites (N-methyl/N-ethyl adjacent to an activating group) is 1. The number of halogens is 1. The molecule has 1 aromatic heterocycles. The van der Waals surface area contributed by atoms with Crippen LogP contribution in [0.1, 0.15) is 19.4 Å². The van der Waals surface area contributed by atoms with Crippen molar-refractivity contribution in [1.29, 1.82) is 0 Å². The lowest BCUT2D eigenvalue weighted by atomic mass is 10.1. The Morgan fingerprint density at radius 1 is 1.29 bits per heavy atom. The molecule has 1 aromatic carbocycles. The third kappa shape index (κ3) is 4.63. The molecule has 0 spiro atoms. The smallest absolute Gasteiger partial charge is 0.131 e. The van der Waals surface area contributed by atoms with Crippen LogP contribution in [0.15, 0.2) is 35.7 Å². The van der Waals surface area contributed by atoms with E-state index in [2.05, 4.69) is 31.1 Å². The zero-order chi connectivity index (χ0) is 15.2. The Morgan fingerprint density at radius 3 is 2.76 bits per heavy atom. The highest BCUT2D eigenvalue weighted by molar-refractivity contribution is 7.13. The Hall–Kier alpha value is -1.23. The van der Waals surface area contributed by atoms with Crippen molar-refractivity contribution >= 4 is 11.3 Å². The van der Waals surface area contributed by atoms with E-state index < -0.39 is 0 Å². The maximum Gasteiger partial charge on any atom is 0.131 e. The first kappa shape index (κ1) is 16.1. The van der Waals surface area contributed by atoms with Crippen molar-refractivity contribution in [3.8, 4) is 10.4 Å². The maximum atomic E-state index is 13.9. The van der Waals surface area contributed by atoms with Crippen molar-refractivity contribution in [3.63, 3.8) is 0 Å². The van der Waals surface area contributed by atoms with Crippen molar-refractivity contribution in [3.05, 3.63) is 47.1 Å². The standard InChI is InChI=1S/C17H23FN2S/c1-13(2)20(3)9-8-19-12-14-6-7-16(18)15(11-14)17-5-4-10-21-17/h4-7,10-11,13,19H,8-9,12H2,1-3H3. The van der Waals surface area contributed by atoms with Crippen LogP contribution in [0.25, 0.3) is 10.4 Å². The first-order valence-corrected chi connectivity index (χ1v) is 8.19. The summed E-state index contributed by atoms with van der Waals surface area (Å²) in [6.45, 7) is 7.09. The van der Waals surface area contributed by atoms with Crippen LogP contribution in [0, 0.1) is 5.82 Å². The summed E-state index contributed by atoms with van der Waals surface area (Å²) in [5.74, 6) is -0.152. The van der Waals surface area contributed by atoms with Gasteiger partial charge in [0.15, 0.2) is 0 Å². The molecule has 0 atom stereocenters. The summed E-state index contributed by atoms with van der Waals surface area (Å²) in [7, 11) is 2.12. The lowest BCUT2D eigenvalue weighted by molar-refractivity contribution is 0.273. The lowest BCUT2D eigenvalue weighted by Crippen LogP contribution is -2.33. The molecular formula is C17H23FN2S. The Morgan fingerprint density at radius 2 is 2.10 bits per heavy atom. The fourth-order valence-electron chi connectivity index (χ4n) is 2.05. The average Bonchev–Trinajstić information content (AvgIpc) is 2.98.